The summed E-state index contributed by atoms with van der Waals surface area (Å²) in [5, 5.41) is 3.02. The number of nitrogens with one attached hydrogen (secondary N) is 1. The van der Waals surface area contributed by atoms with E-state index in [4.69, 9.17) is 13.8 Å². The van der Waals surface area contributed by atoms with Gasteiger partial charge in [-0.1, -0.05) is 302 Å². The van der Waals surface area contributed by atoms with Gasteiger partial charge in [0, 0.05) is 12.8 Å². The molecule has 0 saturated carbocycles. The van der Waals surface area contributed by atoms with E-state index in [2.05, 4.69) is 44.3 Å². The van der Waals surface area contributed by atoms with Gasteiger partial charge >= 0.3 is 13.8 Å². The smallest absolute Gasteiger partial charge is 0.456 e. The van der Waals surface area contributed by atoms with Crippen LogP contribution in [0.15, 0.2) is 36.5 Å². The van der Waals surface area contributed by atoms with Crippen molar-refractivity contribution >= 4 is 19.7 Å². The molecule has 0 aromatic carbocycles. The molecule has 0 aromatic rings. The van der Waals surface area contributed by atoms with Crippen LogP contribution in [-0.2, 0) is 27.9 Å². The number of hydrogen-bond acceptors (Lipinski definition) is 6. The van der Waals surface area contributed by atoms with Gasteiger partial charge in [0.2, 0.25) is 5.91 Å². The van der Waals surface area contributed by atoms with Gasteiger partial charge < -0.3 is 19.4 Å². The van der Waals surface area contributed by atoms with Gasteiger partial charge in [-0.15, -0.1) is 0 Å². The van der Waals surface area contributed by atoms with Crippen LogP contribution in [-0.4, -0.2) is 74.3 Å². The minimum absolute atomic E-state index is 0.0333. The Bertz CT molecular complexity index is 1410. The van der Waals surface area contributed by atoms with Crippen molar-refractivity contribution in [2.45, 2.75) is 341 Å². The van der Waals surface area contributed by atoms with Gasteiger partial charge in [0.15, 0.2) is 0 Å². The second-order valence-electron chi connectivity index (χ2n) is 24.0. The van der Waals surface area contributed by atoms with Crippen LogP contribution in [0.3, 0.4) is 0 Å². The summed E-state index contributed by atoms with van der Waals surface area (Å²) in [5.74, 6) is -0.569. The molecule has 0 aromatic heterocycles. The Morgan fingerprint density at radius 3 is 1.19 bits per heavy atom. The summed E-state index contributed by atoms with van der Waals surface area (Å²) in [6.45, 7) is 6.99. The number of hydrogen-bond donors (Lipinski definition) is 2. The summed E-state index contributed by atoms with van der Waals surface area (Å²) >= 11 is 0. The van der Waals surface area contributed by atoms with Crippen LogP contribution in [0.1, 0.15) is 329 Å². The Labute approximate surface area is 478 Å². The van der Waals surface area contributed by atoms with Crippen molar-refractivity contribution in [3.05, 3.63) is 36.5 Å². The summed E-state index contributed by atoms with van der Waals surface area (Å²) in [6, 6.07) is -0.874. The third-order valence-corrected chi connectivity index (χ3v) is 16.1. The average molecular weight is 1110 g/mol. The number of carbonyl (C=O) groups is 2. The molecule has 77 heavy (non-hydrogen) atoms. The first kappa shape index (κ1) is 75.2. The highest BCUT2D eigenvalue weighted by molar-refractivity contribution is 7.47. The van der Waals surface area contributed by atoms with Gasteiger partial charge in [0.25, 0.3) is 0 Å². The number of unbranched alkanes of at least 4 members (excludes halogenated alkanes) is 41. The number of allylic oxidation sites excluding steroid dienone is 5. The molecule has 10 heteroatoms. The van der Waals surface area contributed by atoms with Crippen molar-refractivity contribution in [3.8, 4) is 0 Å². The Kier molecular flexibility index (Phi) is 56.1. The van der Waals surface area contributed by atoms with Crippen LogP contribution >= 0.6 is 7.82 Å². The van der Waals surface area contributed by atoms with E-state index >= 15 is 0 Å². The number of likely N-dealkylation sites (N-methyl/N-ethyl adjacent to an activating group) is 1. The molecule has 0 bridgehead atoms. The molecule has 0 aliphatic rings. The van der Waals surface area contributed by atoms with Gasteiger partial charge in [-0.3, -0.25) is 18.6 Å². The highest BCUT2D eigenvalue weighted by Crippen LogP contribution is 2.43. The summed E-state index contributed by atoms with van der Waals surface area (Å²) in [7, 11) is 1.48. The molecule has 0 spiro atoms. The fourth-order valence-electron chi connectivity index (χ4n) is 9.93. The quantitative estimate of drug-likeness (QED) is 0.0205. The zero-order chi connectivity index (χ0) is 56.4. The van der Waals surface area contributed by atoms with Gasteiger partial charge in [0.1, 0.15) is 19.3 Å². The van der Waals surface area contributed by atoms with Gasteiger partial charge in [-0.25, -0.2) is 4.57 Å². The zero-order valence-electron chi connectivity index (χ0n) is 52.0. The molecular formula is C67H130N2O7P+. The monoisotopic (exact) mass is 1110 g/mol. The van der Waals surface area contributed by atoms with Crippen molar-refractivity contribution in [1.82, 2.24) is 5.32 Å². The molecule has 9 nitrogen and oxygen atoms in total. The summed E-state index contributed by atoms with van der Waals surface area (Å²) in [4.78, 5) is 37.6. The molecule has 0 fully saturated rings. The molecule has 0 saturated heterocycles. The number of amides is 1. The first-order valence-corrected chi connectivity index (χ1v) is 34.8. The van der Waals surface area contributed by atoms with Crippen molar-refractivity contribution in [2.75, 3.05) is 40.9 Å². The van der Waals surface area contributed by atoms with Gasteiger partial charge in [-0.05, 0) is 51.0 Å². The predicted octanol–water partition coefficient (Wildman–Crippen LogP) is 20.7. The number of phosphoric ester groups is 1. The van der Waals surface area contributed by atoms with E-state index in [0.29, 0.717) is 17.4 Å². The van der Waals surface area contributed by atoms with Crippen LogP contribution in [0.2, 0.25) is 0 Å². The second-order valence-corrected chi connectivity index (χ2v) is 25.5. The van der Waals surface area contributed by atoms with E-state index in [1.54, 1.807) is 0 Å². The molecule has 3 unspecified atom stereocenters. The van der Waals surface area contributed by atoms with Gasteiger partial charge in [0.05, 0.1) is 33.8 Å². The number of nitrogens with zero attached hydrogens (tertiary/aromatic N) is 1. The van der Waals surface area contributed by atoms with Crippen molar-refractivity contribution < 1.29 is 37.3 Å². The maximum atomic E-state index is 13.5. The zero-order valence-corrected chi connectivity index (χ0v) is 52.9. The van der Waals surface area contributed by atoms with Crippen LogP contribution in [0.4, 0.5) is 0 Å². The third-order valence-electron chi connectivity index (χ3n) is 15.1. The molecule has 0 aliphatic carbocycles. The number of quaternary nitrogens is 1. The van der Waals surface area contributed by atoms with Crippen molar-refractivity contribution in [2.24, 2.45) is 0 Å². The standard InChI is InChI=1S/C67H129N2O7P/c1-7-10-13-16-19-22-25-27-28-29-30-31-32-33-34-35-36-37-38-39-40-42-45-48-51-54-57-60-67(71)76-65(58-55-52-49-46-43-24-21-18-15-12-9-3)64(63-75-77(72,73)74-62-61-69(4,5)6)68-66(70)59-56-53-50-47-44-41-26-23-20-17-14-11-8-2/h41,44,50,53,55,58,64-65H,7-40,42-43,45-49,51-52,54,56-57,59-63H2,1-6H3,(H-,68,70,72,73)/p+1/b44-41-,53-50+,58-55-. The van der Waals surface area contributed by atoms with Crippen LogP contribution < -0.4 is 5.32 Å². The molecule has 0 radical (unpaired) electrons. The van der Waals surface area contributed by atoms with E-state index in [-0.39, 0.29) is 37.9 Å². The van der Waals surface area contributed by atoms with Crippen molar-refractivity contribution in [1.29, 1.82) is 0 Å². The Balaban J connectivity index is 4.96. The van der Waals surface area contributed by atoms with E-state index in [0.717, 1.165) is 51.4 Å². The lowest BCUT2D eigenvalue weighted by Crippen LogP contribution is -2.47. The van der Waals surface area contributed by atoms with E-state index in [1.807, 2.05) is 39.4 Å². The number of rotatable bonds is 61. The molecular weight excluding hydrogens is 976 g/mol. The van der Waals surface area contributed by atoms with E-state index in [9.17, 15) is 19.0 Å². The van der Waals surface area contributed by atoms with Crippen LogP contribution in [0.25, 0.3) is 0 Å². The lowest BCUT2D eigenvalue weighted by molar-refractivity contribution is -0.870. The SMILES string of the molecule is CCCCCCCC/C=C\C/C=C/CCC(=O)NC(COP(=O)(O)OCC[N+](C)(C)C)C(/C=C\CCCCCCCCCCC)OC(=O)CCCCCCCCCCCCCCCCCCCCCCCCCCCCC. The maximum absolute atomic E-state index is 13.5. The molecule has 2 N–H and O–H groups in total. The average Bonchev–Trinajstić information content (AvgIpc) is 3.39. The minimum Gasteiger partial charge on any atom is -0.456 e. The normalized spacial score (nSPS) is 13.8. The molecule has 3 atom stereocenters. The second kappa shape index (κ2) is 57.5. The van der Waals surface area contributed by atoms with Gasteiger partial charge in [-0.2, -0.15) is 0 Å². The highest BCUT2D eigenvalue weighted by Gasteiger charge is 2.30. The molecule has 0 aliphatic heterocycles. The number of phosphoric acid groups is 1. The predicted molar refractivity (Wildman–Crippen MR) is 332 cm³/mol. The summed E-state index contributed by atoms with van der Waals surface area (Å²) in [5.41, 5.74) is 0. The lowest BCUT2D eigenvalue weighted by atomic mass is 10.0. The third kappa shape index (κ3) is 58.7. The van der Waals surface area contributed by atoms with E-state index in [1.165, 1.54) is 238 Å². The number of esters is 1. The van der Waals surface area contributed by atoms with Crippen molar-refractivity contribution in [3.63, 3.8) is 0 Å². The molecule has 454 valence electrons. The van der Waals surface area contributed by atoms with E-state index < -0.39 is 20.0 Å². The first-order chi connectivity index (χ1) is 37.4. The van der Waals surface area contributed by atoms with Crippen LogP contribution in [0, 0.1) is 0 Å². The molecule has 0 heterocycles. The lowest BCUT2D eigenvalue weighted by Gasteiger charge is -2.27. The minimum atomic E-state index is -4.46. The number of ether oxygens (including phenoxy) is 1. The maximum Gasteiger partial charge on any atom is 0.472 e. The summed E-state index contributed by atoms with van der Waals surface area (Å²) < 4.78 is 30.6. The topological polar surface area (TPSA) is 111 Å². The fourth-order valence-corrected chi connectivity index (χ4v) is 10.7. The Morgan fingerprint density at radius 1 is 0.455 bits per heavy atom. The summed E-state index contributed by atoms with van der Waals surface area (Å²) in [6.07, 6.45) is 70.5. The molecule has 0 rings (SSSR count). The Morgan fingerprint density at radius 2 is 0.805 bits per heavy atom. The highest BCUT2D eigenvalue weighted by atomic mass is 31.2. The Hall–Kier alpha value is -1.77. The van der Waals surface area contributed by atoms with Crippen LogP contribution in [0.5, 0.6) is 0 Å². The first-order valence-electron chi connectivity index (χ1n) is 33.3. The fraction of sp³-hybridized carbons (Fsp3) is 0.881. The largest absolute Gasteiger partial charge is 0.472 e. The molecule has 1 amide bonds. The number of carbonyl (C=O) groups excluding carboxylic acids is 2.